The molecule has 0 bridgehead atoms. The molecule has 0 atom stereocenters. The van der Waals surface area contributed by atoms with E-state index in [1.165, 1.54) is 4.88 Å². The molecule has 8 nitrogen and oxygen atoms in total. The molecule has 0 unspecified atom stereocenters. The van der Waals surface area contributed by atoms with Crippen molar-refractivity contribution in [3.05, 3.63) is 22.4 Å². The summed E-state index contributed by atoms with van der Waals surface area (Å²) in [5.74, 6) is -0.284. The van der Waals surface area contributed by atoms with Gasteiger partial charge in [0.05, 0.1) is 13.1 Å². The first-order valence-electron chi connectivity index (χ1n) is 8.88. The molecular weight excluding hydrogens is 354 g/mol. The van der Waals surface area contributed by atoms with Crippen LogP contribution in [0.2, 0.25) is 0 Å². The third kappa shape index (κ3) is 7.51. The number of thiophene rings is 1. The van der Waals surface area contributed by atoms with Crippen molar-refractivity contribution in [3.63, 3.8) is 0 Å². The van der Waals surface area contributed by atoms with Crippen molar-refractivity contribution in [1.29, 1.82) is 0 Å². The molecule has 0 aromatic carbocycles. The van der Waals surface area contributed by atoms with Crippen LogP contribution in [-0.2, 0) is 16.0 Å². The average Bonchev–Trinajstić information content (AvgIpc) is 3.10. The third-order valence-corrected chi connectivity index (χ3v) is 5.00. The van der Waals surface area contributed by atoms with E-state index in [-0.39, 0.29) is 18.4 Å². The van der Waals surface area contributed by atoms with Gasteiger partial charge in [-0.15, -0.1) is 11.3 Å². The summed E-state index contributed by atoms with van der Waals surface area (Å²) >= 11 is 1.64. The van der Waals surface area contributed by atoms with Crippen LogP contribution in [-0.4, -0.2) is 80.0 Å². The Kier molecular flexibility index (Phi) is 8.52. The zero-order valence-corrected chi connectivity index (χ0v) is 15.9. The predicted molar refractivity (Wildman–Crippen MR) is 101 cm³/mol. The molecule has 0 spiro atoms. The number of amides is 4. The number of nitrogens with one attached hydrogen (secondary N) is 3. The van der Waals surface area contributed by atoms with Gasteiger partial charge in [0.1, 0.15) is 0 Å². The largest absolute Gasteiger partial charge is 0.355 e. The fraction of sp³-hybridized carbons (Fsp3) is 0.588. The second-order valence-electron chi connectivity index (χ2n) is 6.14. The van der Waals surface area contributed by atoms with Gasteiger partial charge in [-0.1, -0.05) is 6.07 Å². The van der Waals surface area contributed by atoms with Crippen LogP contribution in [0, 0.1) is 0 Å². The van der Waals surface area contributed by atoms with E-state index in [1.807, 2.05) is 29.3 Å². The van der Waals surface area contributed by atoms with E-state index in [1.54, 1.807) is 11.3 Å². The highest BCUT2D eigenvalue weighted by molar-refractivity contribution is 7.09. The Labute approximate surface area is 157 Å². The molecule has 1 fully saturated rings. The summed E-state index contributed by atoms with van der Waals surface area (Å²) in [7, 11) is 0. The highest BCUT2D eigenvalue weighted by Gasteiger charge is 2.21. The normalized spacial score (nSPS) is 15.4. The van der Waals surface area contributed by atoms with Crippen molar-refractivity contribution in [2.75, 3.05) is 52.4 Å². The van der Waals surface area contributed by atoms with Crippen LogP contribution >= 0.6 is 11.3 Å². The van der Waals surface area contributed by atoms with E-state index in [0.717, 1.165) is 19.5 Å². The Hall–Kier alpha value is -1.97. The minimum atomic E-state index is -0.457. The van der Waals surface area contributed by atoms with E-state index in [9.17, 15) is 14.4 Å². The molecule has 1 aliphatic heterocycles. The number of carbonyl (C=O) groups excluding carboxylic acids is 3. The van der Waals surface area contributed by atoms with Crippen molar-refractivity contribution in [2.45, 2.75) is 13.3 Å². The van der Waals surface area contributed by atoms with Gasteiger partial charge in [0.15, 0.2) is 0 Å². The van der Waals surface area contributed by atoms with Crippen LogP contribution in [0.1, 0.15) is 11.8 Å². The van der Waals surface area contributed by atoms with E-state index in [0.29, 0.717) is 32.7 Å². The molecule has 3 N–H and O–H groups in total. The first kappa shape index (κ1) is 20.3. The fourth-order valence-electron chi connectivity index (χ4n) is 2.73. The number of hydrogen-bond donors (Lipinski definition) is 3. The first-order chi connectivity index (χ1) is 12.6. The number of piperazine rings is 1. The van der Waals surface area contributed by atoms with Crippen molar-refractivity contribution in [1.82, 2.24) is 25.8 Å². The summed E-state index contributed by atoms with van der Waals surface area (Å²) in [6.45, 7) is 6.47. The number of nitrogens with zero attached hydrogens (tertiary/aromatic N) is 2. The van der Waals surface area contributed by atoms with Gasteiger partial charge < -0.3 is 10.6 Å². The molecule has 2 heterocycles. The van der Waals surface area contributed by atoms with E-state index in [2.05, 4.69) is 20.9 Å². The molecule has 0 saturated carbocycles. The van der Waals surface area contributed by atoms with Gasteiger partial charge in [0, 0.05) is 44.1 Å². The van der Waals surface area contributed by atoms with Crippen LogP contribution in [0.3, 0.4) is 0 Å². The smallest absolute Gasteiger partial charge is 0.321 e. The summed E-state index contributed by atoms with van der Waals surface area (Å²) in [5.41, 5.74) is 0. The number of rotatable bonds is 8. The standard InChI is InChI=1S/C17H27N5O3S/c1-2-18-15(23)12-21-7-9-22(10-8-21)13-16(24)20-17(25)19-6-5-14-4-3-11-26-14/h3-4,11H,2,5-10,12-13H2,1H3,(H,18,23)(H2,19,20,24,25). The second kappa shape index (κ2) is 10.9. The van der Waals surface area contributed by atoms with Crippen LogP contribution in [0.4, 0.5) is 4.79 Å². The zero-order valence-electron chi connectivity index (χ0n) is 15.1. The highest BCUT2D eigenvalue weighted by atomic mass is 32.1. The second-order valence-corrected chi connectivity index (χ2v) is 7.17. The third-order valence-electron chi connectivity index (χ3n) is 4.06. The van der Waals surface area contributed by atoms with Crippen LogP contribution in [0.5, 0.6) is 0 Å². The summed E-state index contributed by atoms with van der Waals surface area (Å²) in [4.78, 5) is 40.5. The van der Waals surface area contributed by atoms with Gasteiger partial charge >= 0.3 is 6.03 Å². The zero-order chi connectivity index (χ0) is 18.8. The minimum absolute atomic E-state index is 0.0258. The number of hydrogen-bond acceptors (Lipinski definition) is 6. The van der Waals surface area contributed by atoms with Gasteiger partial charge in [-0.3, -0.25) is 24.7 Å². The molecule has 2 rings (SSSR count). The van der Waals surface area contributed by atoms with Crippen molar-refractivity contribution >= 4 is 29.2 Å². The molecule has 1 aromatic rings. The summed E-state index contributed by atoms with van der Waals surface area (Å²) < 4.78 is 0. The Morgan fingerprint density at radius 1 is 1.04 bits per heavy atom. The number of carbonyl (C=O) groups is 3. The van der Waals surface area contributed by atoms with Crippen molar-refractivity contribution in [2.24, 2.45) is 0 Å². The Bertz CT molecular complexity index is 585. The first-order valence-corrected chi connectivity index (χ1v) is 9.76. The summed E-state index contributed by atoms with van der Waals surface area (Å²) in [6.07, 6.45) is 0.757. The van der Waals surface area contributed by atoms with E-state index in [4.69, 9.17) is 0 Å². The molecule has 0 aliphatic carbocycles. The van der Waals surface area contributed by atoms with Gasteiger partial charge in [-0.2, -0.15) is 0 Å². The molecule has 26 heavy (non-hydrogen) atoms. The number of urea groups is 1. The quantitative estimate of drug-likeness (QED) is 0.583. The van der Waals surface area contributed by atoms with Gasteiger partial charge in [-0.25, -0.2) is 4.79 Å². The SMILES string of the molecule is CCNC(=O)CN1CCN(CC(=O)NC(=O)NCCc2cccs2)CC1. The van der Waals surface area contributed by atoms with Crippen molar-refractivity contribution in [3.8, 4) is 0 Å². The summed E-state index contributed by atoms with van der Waals surface area (Å²) in [5, 5.41) is 9.83. The summed E-state index contributed by atoms with van der Waals surface area (Å²) in [6, 6.07) is 3.53. The van der Waals surface area contributed by atoms with Gasteiger partial charge in [0.2, 0.25) is 11.8 Å². The molecular formula is C17H27N5O3S. The monoisotopic (exact) mass is 381 g/mol. The molecule has 1 aromatic heterocycles. The van der Waals surface area contributed by atoms with Crippen LogP contribution in [0.25, 0.3) is 0 Å². The lowest BCUT2D eigenvalue weighted by Crippen LogP contribution is -2.52. The van der Waals surface area contributed by atoms with Crippen molar-refractivity contribution < 1.29 is 14.4 Å². The Morgan fingerprint density at radius 2 is 1.69 bits per heavy atom. The Morgan fingerprint density at radius 3 is 2.27 bits per heavy atom. The molecule has 1 aliphatic rings. The average molecular weight is 382 g/mol. The molecule has 144 valence electrons. The lowest BCUT2D eigenvalue weighted by molar-refractivity contribution is -0.124. The topological polar surface area (TPSA) is 93.8 Å². The van der Waals surface area contributed by atoms with E-state index >= 15 is 0 Å². The van der Waals surface area contributed by atoms with Gasteiger partial charge in [-0.05, 0) is 24.8 Å². The lowest BCUT2D eigenvalue weighted by Gasteiger charge is -2.33. The number of likely N-dealkylation sites (N-methyl/N-ethyl adjacent to an activating group) is 1. The van der Waals surface area contributed by atoms with E-state index < -0.39 is 6.03 Å². The lowest BCUT2D eigenvalue weighted by atomic mass is 10.3. The maximum Gasteiger partial charge on any atom is 0.321 e. The Balaban J connectivity index is 1.58. The molecule has 1 saturated heterocycles. The maximum absolute atomic E-state index is 12.0. The predicted octanol–water partition coefficient (Wildman–Crippen LogP) is -0.130. The van der Waals surface area contributed by atoms with Gasteiger partial charge in [0.25, 0.3) is 0 Å². The molecule has 9 heteroatoms. The fourth-order valence-corrected chi connectivity index (χ4v) is 3.44. The molecule has 4 amide bonds. The van der Waals surface area contributed by atoms with Crippen LogP contribution < -0.4 is 16.0 Å². The minimum Gasteiger partial charge on any atom is -0.355 e. The maximum atomic E-state index is 12.0. The van der Waals surface area contributed by atoms with Crippen LogP contribution in [0.15, 0.2) is 17.5 Å². The number of imide groups is 1. The highest BCUT2D eigenvalue weighted by Crippen LogP contribution is 2.08. The molecule has 0 radical (unpaired) electrons.